The summed E-state index contributed by atoms with van der Waals surface area (Å²) in [7, 11) is -4.40. The molecule has 0 fully saturated rings. The summed E-state index contributed by atoms with van der Waals surface area (Å²) < 4.78 is 108. The number of methoxy groups -OCH3 is 4. The van der Waals surface area contributed by atoms with Crippen molar-refractivity contribution in [3.05, 3.63) is 46.9 Å². The Balaban J connectivity index is 2.38. The van der Waals surface area contributed by atoms with Gasteiger partial charge in [0.05, 0.1) is 45.4 Å². The molecule has 0 heterocycles. The minimum Gasteiger partial charge on any atom is -0.496 e. The molecule has 0 aromatic heterocycles. The number of hydrogen-bond donors (Lipinski definition) is 1. The minimum atomic E-state index is -5.74. The van der Waals surface area contributed by atoms with Crippen LogP contribution in [-0.2, 0) is 25.6 Å². The van der Waals surface area contributed by atoms with E-state index in [1.807, 2.05) is 0 Å². The van der Waals surface area contributed by atoms with Crippen LogP contribution in [-0.4, -0.2) is 50.8 Å². The highest BCUT2D eigenvalue weighted by Crippen LogP contribution is 2.36. The highest BCUT2D eigenvalue weighted by molar-refractivity contribution is 7.93. The molecule has 188 valence electrons. The summed E-state index contributed by atoms with van der Waals surface area (Å²) in [4.78, 5) is 0. The van der Waals surface area contributed by atoms with Crippen molar-refractivity contribution in [3.8, 4) is 23.0 Å². The van der Waals surface area contributed by atoms with Gasteiger partial charge in [-0.25, -0.2) is 8.42 Å². The van der Waals surface area contributed by atoms with Gasteiger partial charge in [0.2, 0.25) is 0 Å². The number of sulfonamides is 1. The first-order valence-electron chi connectivity index (χ1n) is 9.23. The second-order valence-corrected chi connectivity index (χ2v) is 10.2. The summed E-state index contributed by atoms with van der Waals surface area (Å²) in [6, 6.07) is 6.43. The molecule has 0 aliphatic carbocycles. The van der Waals surface area contributed by atoms with Gasteiger partial charge >= 0.3 is 15.5 Å². The maximum Gasteiger partial charge on any atom is 0.516 e. The van der Waals surface area contributed by atoms with Crippen molar-refractivity contribution >= 4 is 31.6 Å². The van der Waals surface area contributed by atoms with Crippen LogP contribution >= 0.6 is 0 Å². The number of alkyl halides is 3. The maximum atomic E-state index is 12.7. The number of nitrogens with one attached hydrogen (secondary N) is 1. The molecule has 14 heteroatoms. The third-order valence-electron chi connectivity index (χ3n) is 4.38. The van der Waals surface area contributed by atoms with Crippen LogP contribution in [0.3, 0.4) is 0 Å². The lowest BCUT2D eigenvalue weighted by Gasteiger charge is -2.14. The fourth-order valence-electron chi connectivity index (χ4n) is 2.78. The molecule has 0 spiro atoms. The predicted octanol–water partition coefficient (Wildman–Crippen LogP) is 3.57. The highest BCUT2D eigenvalue weighted by atomic mass is 32.2. The lowest BCUT2D eigenvalue weighted by Crippen LogP contribution is -2.30. The molecule has 2 aromatic carbocycles. The summed E-state index contributed by atoms with van der Waals surface area (Å²) >= 11 is 0. The zero-order valence-corrected chi connectivity index (χ0v) is 20.1. The SMILES string of the molecule is COc1cc(OC)c(/C=C\S(=O)(=O)Cc2ccc(OC)c(NS(=O)(=O)C(F)(F)F)c2)c(OC)c1. The zero-order chi connectivity index (χ0) is 25.7. The van der Waals surface area contributed by atoms with Gasteiger partial charge in [0.25, 0.3) is 0 Å². The first kappa shape index (κ1) is 27.1. The maximum absolute atomic E-state index is 12.7. The minimum absolute atomic E-state index is 0.0129. The van der Waals surface area contributed by atoms with Crippen molar-refractivity contribution in [3.63, 3.8) is 0 Å². The molecule has 9 nitrogen and oxygen atoms in total. The monoisotopic (exact) mass is 525 g/mol. The van der Waals surface area contributed by atoms with Gasteiger partial charge in [-0.05, 0) is 23.8 Å². The second-order valence-electron chi connectivity index (χ2n) is 6.64. The Morgan fingerprint density at radius 3 is 1.88 bits per heavy atom. The van der Waals surface area contributed by atoms with E-state index >= 15 is 0 Å². The van der Waals surface area contributed by atoms with Gasteiger partial charge in [-0.15, -0.1) is 0 Å². The standard InChI is InChI=1S/C20H22F3NO8S2/c1-29-14-10-18(31-3)15(19(11-14)32-4)7-8-33(25,26)12-13-5-6-17(30-2)16(9-13)24-34(27,28)20(21,22)23/h5-11,24H,12H2,1-4H3/b8-7-. The topological polar surface area (TPSA) is 117 Å². The van der Waals surface area contributed by atoms with Crippen LogP contribution in [0.15, 0.2) is 35.7 Å². The summed E-state index contributed by atoms with van der Waals surface area (Å²) in [6.07, 6.45) is 1.24. The largest absolute Gasteiger partial charge is 0.516 e. The van der Waals surface area contributed by atoms with E-state index < -0.39 is 36.8 Å². The Labute approximate surface area is 195 Å². The summed E-state index contributed by atoms with van der Waals surface area (Å²) in [5, 5.41) is 0.879. The van der Waals surface area contributed by atoms with E-state index in [0.717, 1.165) is 24.7 Å². The fourth-order valence-corrected chi connectivity index (χ4v) is 4.42. The zero-order valence-electron chi connectivity index (χ0n) is 18.5. The molecule has 2 rings (SSSR count). The van der Waals surface area contributed by atoms with E-state index in [2.05, 4.69) is 0 Å². The van der Waals surface area contributed by atoms with Crippen LogP contribution in [0, 0.1) is 0 Å². The van der Waals surface area contributed by atoms with Gasteiger partial charge in [-0.1, -0.05) is 6.07 Å². The number of sulfone groups is 1. The molecule has 0 saturated heterocycles. The molecule has 0 radical (unpaired) electrons. The fraction of sp³-hybridized carbons (Fsp3) is 0.300. The Morgan fingerprint density at radius 1 is 0.853 bits per heavy atom. The Morgan fingerprint density at radius 2 is 1.41 bits per heavy atom. The number of ether oxygens (including phenoxy) is 4. The summed E-state index contributed by atoms with van der Waals surface area (Å²) in [5.74, 6) is 0.0968. The number of halogens is 3. The number of benzene rings is 2. The Hall–Kier alpha value is -3.13. The van der Waals surface area contributed by atoms with Crippen molar-refractivity contribution in [1.29, 1.82) is 0 Å². The highest BCUT2D eigenvalue weighted by Gasteiger charge is 2.46. The van der Waals surface area contributed by atoms with Crippen molar-refractivity contribution < 1.29 is 49.0 Å². The Kier molecular flexibility index (Phi) is 8.31. The van der Waals surface area contributed by atoms with E-state index in [9.17, 15) is 30.0 Å². The van der Waals surface area contributed by atoms with E-state index in [0.29, 0.717) is 11.3 Å². The molecule has 0 bridgehead atoms. The van der Waals surface area contributed by atoms with Crippen LogP contribution in [0.1, 0.15) is 11.1 Å². The molecule has 0 aliphatic heterocycles. The van der Waals surface area contributed by atoms with Gasteiger partial charge in [0.1, 0.15) is 23.0 Å². The molecule has 2 aromatic rings. The first-order valence-corrected chi connectivity index (χ1v) is 12.4. The van der Waals surface area contributed by atoms with Crippen LogP contribution in [0.5, 0.6) is 23.0 Å². The van der Waals surface area contributed by atoms with Crippen molar-refractivity contribution in [2.45, 2.75) is 11.3 Å². The van der Waals surface area contributed by atoms with E-state index in [4.69, 9.17) is 18.9 Å². The van der Waals surface area contributed by atoms with Crippen molar-refractivity contribution in [2.24, 2.45) is 0 Å². The smallest absolute Gasteiger partial charge is 0.496 e. The van der Waals surface area contributed by atoms with Gasteiger partial charge in [0.15, 0.2) is 9.84 Å². The van der Waals surface area contributed by atoms with Crippen LogP contribution < -0.4 is 23.7 Å². The lowest BCUT2D eigenvalue weighted by molar-refractivity contribution is -0.0429. The molecule has 0 unspecified atom stereocenters. The molecule has 0 atom stereocenters. The molecular weight excluding hydrogens is 503 g/mol. The average Bonchev–Trinajstić information content (AvgIpc) is 2.76. The molecule has 34 heavy (non-hydrogen) atoms. The second kappa shape index (κ2) is 10.4. The van der Waals surface area contributed by atoms with E-state index in [1.165, 1.54) is 50.3 Å². The third-order valence-corrected chi connectivity index (χ3v) is 6.76. The average molecular weight is 526 g/mol. The van der Waals surface area contributed by atoms with Gasteiger partial charge in [-0.3, -0.25) is 4.72 Å². The molecular formula is C20H22F3NO8S2. The Bertz CT molecular complexity index is 1250. The number of anilines is 1. The van der Waals surface area contributed by atoms with Gasteiger partial charge in [-0.2, -0.15) is 21.6 Å². The van der Waals surface area contributed by atoms with E-state index in [1.54, 1.807) is 0 Å². The third kappa shape index (κ3) is 6.47. The normalized spacial score (nSPS) is 12.4. The number of hydrogen-bond acceptors (Lipinski definition) is 8. The van der Waals surface area contributed by atoms with Gasteiger partial charge < -0.3 is 18.9 Å². The summed E-state index contributed by atoms with van der Waals surface area (Å²) in [5.41, 5.74) is -5.81. The van der Waals surface area contributed by atoms with E-state index in [-0.39, 0.29) is 22.8 Å². The van der Waals surface area contributed by atoms with Crippen LogP contribution in [0.25, 0.3) is 6.08 Å². The molecule has 0 amide bonds. The molecule has 1 N–H and O–H groups in total. The van der Waals surface area contributed by atoms with Crippen molar-refractivity contribution in [1.82, 2.24) is 0 Å². The lowest BCUT2D eigenvalue weighted by atomic mass is 10.1. The molecule has 0 saturated carbocycles. The molecule has 0 aliphatic rings. The van der Waals surface area contributed by atoms with Crippen molar-refractivity contribution in [2.75, 3.05) is 33.2 Å². The van der Waals surface area contributed by atoms with Crippen LogP contribution in [0.2, 0.25) is 0 Å². The summed E-state index contributed by atoms with van der Waals surface area (Å²) in [6.45, 7) is 0. The number of rotatable bonds is 10. The quantitative estimate of drug-likeness (QED) is 0.501. The first-order chi connectivity index (χ1) is 15.8. The predicted molar refractivity (Wildman–Crippen MR) is 119 cm³/mol. The van der Waals surface area contributed by atoms with Crippen LogP contribution in [0.4, 0.5) is 18.9 Å². The van der Waals surface area contributed by atoms with Gasteiger partial charge in [0, 0.05) is 17.5 Å².